The maximum atomic E-state index is 13.8. The van der Waals surface area contributed by atoms with Crippen LogP contribution in [0, 0.1) is 11.6 Å². The smallest absolute Gasteiger partial charge is 0.419 e. The predicted molar refractivity (Wildman–Crippen MR) is 72.1 cm³/mol. The summed E-state index contributed by atoms with van der Waals surface area (Å²) in [7, 11) is 1.82. The lowest BCUT2D eigenvalue weighted by Gasteiger charge is -2.30. The van der Waals surface area contributed by atoms with Crippen molar-refractivity contribution in [1.29, 1.82) is 0 Å². The largest absolute Gasteiger partial charge is 0.491 e. The van der Waals surface area contributed by atoms with Crippen LogP contribution in [0.3, 0.4) is 0 Å². The van der Waals surface area contributed by atoms with Gasteiger partial charge in [0.1, 0.15) is 6.04 Å². The first-order valence-corrected chi connectivity index (χ1v) is 6.71. The van der Waals surface area contributed by atoms with Crippen LogP contribution in [0.25, 0.3) is 0 Å². The monoisotopic (exact) mass is 355 g/mol. The molecule has 0 radical (unpaired) electrons. The number of anilines is 1. The molecular weight excluding hydrogens is 341 g/mol. The van der Waals surface area contributed by atoms with Gasteiger partial charge in [-0.15, -0.1) is 0 Å². The van der Waals surface area contributed by atoms with Gasteiger partial charge in [-0.3, -0.25) is 0 Å². The quantitative estimate of drug-likeness (QED) is 0.842. The zero-order chi connectivity index (χ0) is 18.3. The number of nitrogens with zero attached hydrogens (tertiary/aromatic N) is 1. The van der Waals surface area contributed by atoms with E-state index < -0.39 is 54.1 Å². The number of carboxylic acids is 1. The van der Waals surface area contributed by atoms with Gasteiger partial charge in [0.05, 0.1) is 19.3 Å². The molecule has 0 aromatic heterocycles. The summed E-state index contributed by atoms with van der Waals surface area (Å²) in [5.74, 6) is -4.91. The summed E-state index contributed by atoms with van der Waals surface area (Å²) < 4.78 is 76.5. The van der Waals surface area contributed by atoms with Gasteiger partial charge in [-0.2, -0.15) is 17.6 Å². The van der Waals surface area contributed by atoms with Crippen molar-refractivity contribution in [1.82, 2.24) is 0 Å². The fraction of sp³-hybridized carbons (Fsp3) is 0.500. The number of halogens is 5. The second kappa shape index (κ2) is 6.08. The third-order valence-corrected chi connectivity index (χ3v) is 4.06. The molecule has 1 aromatic rings. The van der Waals surface area contributed by atoms with Gasteiger partial charge in [-0.25, -0.2) is 9.18 Å². The Kier molecular flexibility index (Phi) is 4.62. The Balaban J connectivity index is 2.57. The lowest BCUT2D eigenvalue weighted by atomic mass is 9.99. The molecular formula is C14H14F5NO4. The minimum Gasteiger partial charge on any atom is -0.491 e. The minimum absolute atomic E-state index is 0.299. The number of carboxylic acid groups (broad SMARTS) is 1. The molecule has 1 saturated heterocycles. The SMILES string of the molecule is COc1c(N2C[C@@](OC)(C(F)(F)F)C[C@@H]2C(=O)O)ccc(F)c1F. The molecule has 2 atom stereocenters. The number of hydrogen-bond donors (Lipinski definition) is 1. The molecule has 1 fully saturated rings. The average Bonchev–Trinajstić information content (AvgIpc) is 2.91. The van der Waals surface area contributed by atoms with Crippen molar-refractivity contribution in [2.75, 3.05) is 25.7 Å². The fourth-order valence-electron chi connectivity index (χ4n) is 2.76. The van der Waals surface area contributed by atoms with Crippen molar-refractivity contribution >= 4 is 11.7 Å². The van der Waals surface area contributed by atoms with Gasteiger partial charge in [-0.1, -0.05) is 0 Å². The zero-order valence-electron chi connectivity index (χ0n) is 12.7. The molecule has 0 unspecified atom stereocenters. The Morgan fingerprint density at radius 3 is 2.42 bits per heavy atom. The van der Waals surface area contributed by atoms with E-state index >= 15 is 0 Å². The second-order valence-corrected chi connectivity index (χ2v) is 5.30. The van der Waals surface area contributed by atoms with Crippen LogP contribution in [-0.4, -0.2) is 49.7 Å². The van der Waals surface area contributed by atoms with Crippen LogP contribution in [0.1, 0.15) is 6.42 Å². The van der Waals surface area contributed by atoms with E-state index in [1.54, 1.807) is 0 Å². The van der Waals surface area contributed by atoms with E-state index in [0.717, 1.165) is 25.2 Å². The Bertz CT molecular complexity index is 651. The molecule has 1 aliphatic heterocycles. The maximum absolute atomic E-state index is 13.8. The number of hydrogen-bond acceptors (Lipinski definition) is 4. The van der Waals surface area contributed by atoms with E-state index in [1.807, 2.05) is 0 Å². The van der Waals surface area contributed by atoms with Gasteiger partial charge in [0.15, 0.2) is 17.2 Å². The van der Waals surface area contributed by atoms with E-state index in [2.05, 4.69) is 4.74 Å². The van der Waals surface area contributed by atoms with Crippen LogP contribution in [0.2, 0.25) is 0 Å². The first kappa shape index (κ1) is 18.2. The second-order valence-electron chi connectivity index (χ2n) is 5.30. The summed E-state index contributed by atoms with van der Waals surface area (Å²) in [5.41, 5.74) is -3.04. The van der Waals surface area contributed by atoms with Gasteiger partial charge < -0.3 is 19.5 Å². The van der Waals surface area contributed by atoms with Crippen molar-refractivity contribution < 1.29 is 41.3 Å². The van der Waals surface area contributed by atoms with Gasteiger partial charge >= 0.3 is 12.1 Å². The first-order valence-electron chi connectivity index (χ1n) is 6.71. The number of aliphatic carboxylic acids is 1. The highest BCUT2D eigenvalue weighted by atomic mass is 19.4. The highest BCUT2D eigenvalue weighted by Crippen LogP contribution is 2.46. The molecule has 0 aliphatic carbocycles. The lowest BCUT2D eigenvalue weighted by molar-refractivity contribution is -0.261. The van der Waals surface area contributed by atoms with Crippen LogP contribution in [0.15, 0.2) is 12.1 Å². The van der Waals surface area contributed by atoms with E-state index in [9.17, 15) is 31.9 Å². The van der Waals surface area contributed by atoms with Crippen molar-refractivity contribution in [3.05, 3.63) is 23.8 Å². The zero-order valence-corrected chi connectivity index (χ0v) is 12.7. The minimum atomic E-state index is -4.85. The number of carbonyl (C=O) groups is 1. The highest BCUT2D eigenvalue weighted by molar-refractivity contribution is 5.81. The van der Waals surface area contributed by atoms with Crippen LogP contribution in [0.5, 0.6) is 5.75 Å². The summed E-state index contributed by atoms with van der Waals surface area (Å²) in [5, 5.41) is 9.25. The molecule has 10 heteroatoms. The normalized spacial score (nSPS) is 24.3. The standard InChI is InChI=1S/C14H14F5NO4/c1-23-11-8(4-3-7(15)10(11)16)20-6-13(24-2,14(17,18)19)5-9(20)12(21)22/h3-4,9H,5-6H2,1-2H3,(H,21,22)/t9-,13-/m1/s1. The molecule has 0 bridgehead atoms. The molecule has 134 valence electrons. The fourth-order valence-corrected chi connectivity index (χ4v) is 2.76. The van der Waals surface area contributed by atoms with E-state index in [0.29, 0.717) is 6.07 Å². The van der Waals surface area contributed by atoms with E-state index in [1.165, 1.54) is 0 Å². The third kappa shape index (κ3) is 2.74. The van der Waals surface area contributed by atoms with Crippen LogP contribution >= 0.6 is 0 Å². The average molecular weight is 355 g/mol. The number of methoxy groups -OCH3 is 2. The lowest BCUT2D eigenvalue weighted by Crippen LogP contribution is -2.49. The molecule has 0 amide bonds. The van der Waals surface area contributed by atoms with Gasteiger partial charge in [-0.05, 0) is 12.1 Å². The number of benzene rings is 1. The highest BCUT2D eigenvalue weighted by Gasteiger charge is 2.63. The number of alkyl halides is 3. The van der Waals surface area contributed by atoms with Crippen LogP contribution < -0.4 is 9.64 Å². The van der Waals surface area contributed by atoms with Gasteiger partial charge in [0, 0.05) is 13.5 Å². The summed E-state index contributed by atoms with van der Waals surface area (Å²) in [6.45, 7) is -0.897. The van der Waals surface area contributed by atoms with Crippen molar-refractivity contribution in [2.45, 2.75) is 24.2 Å². The molecule has 1 N–H and O–H groups in total. The van der Waals surface area contributed by atoms with Crippen molar-refractivity contribution in [3.8, 4) is 5.75 Å². The Hall–Kier alpha value is -2.10. The Morgan fingerprint density at radius 1 is 1.33 bits per heavy atom. The molecule has 0 spiro atoms. The molecule has 0 saturated carbocycles. The topological polar surface area (TPSA) is 59.0 Å². The van der Waals surface area contributed by atoms with E-state index in [4.69, 9.17) is 4.74 Å². The molecule has 1 aliphatic rings. The number of rotatable bonds is 4. The number of ether oxygens (including phenoxy) is 2. The summed E-state index contributed by atoms with van der Waals surface area (Å²) in [6.07, 6.45) is -5.75. The van der Waals surface area contributed by atoms with Crippen molar-refractivity contribution in [2.24, 2.45) is 0 Å². The maximum Gasteiger partial charge on any atom is 0.419 e. The first-order chi connectivity index (χ1) is 11.1. The third-order valence-electron chi connectivity index (χ3n) is 4.06. The molecule has 1 heterocycles. The summed E-state index contributed by atoms with van der Waals surface area (Å²) >= 11 is 0. The van der Waals surface area contributed by atoms with Crippen molar-refractivity contribution in [3.63, 3.8) is 0 Å². The van der Waals surface area contributed by atoms with Gasteiger partial charge in [0.2, 0.25) is 5.82 Å². The predicted octanol–water partition coefficient (Wildman–Crippen LogP) is 2.58. The van der Waals surface area contributed by atoms with Crippen LogP contribution in [0.4, 0.5) is 27.6 Å². The molecule has 2 rings (SSSR count). The summed E-state index contributed by atoms with van der Waals surface area (Å²) in [4.78, 5) is 12.2. The van der Waals surface area contributed by atoms with Gasteiger partial charge in [0.25, 0.3) is 0 Å². The molecule has 5 nitrogen and oxygen atoms in total. The van der Waals surface area contributed by atoms with E-state index in [-0.39, 0.29) is 5.69 Å². The Morgan fingerprint density at radius 2 is 1.96 bits per heavy atom. The Labute approximate surface area is 133 Å². The molecule has 1 aromatic carbocycles. The summed E-state index contributed by atoms with van der Waals surface area (Å²) in [6, 6.07) is 0.00672. The van der Waals surface area contributed by atoms with Crippen LogP contribution in [-0.2, 0) is 9.53 Å². The molecule has 24 heavy (non-hydrogen) atoms.